The molecule has 4 heteroatoms. The second kappa shape index (κ2) is 5.70. The van der Waals surface area contributed by atoms with Crippen LogP contribution in [0.15, 0.2) is 34.9 Å². The maximum Gasteiger partial charge on any atom is 0.0701 e. The molecular formula is C16H20BrN3. The third-order valence-corrected chi connectivity index (χ3v) is 4.09. The van der Waals surface area contributed by atoms with Crippen LogP contribution >= 0.6 is 15.9 Å². The van der Waals surface area contributed by atoms with Gasteiger partial charge in [-0.1, -0.05) is 35.8 Å². The van der Waals surface area contributed by atoms with Gasteiger partial charge in [0.05, 0.1) is 11.4 Å². The first-order chi connectivity index (χ1) is 9.63. The zero-order chi connectivity index (χ0) is 14.1. The lowest BCUT2D eigenvalue weighted by Crippen LogP contribution is -2.22. The molecule has 1 aromatic heterocycles. The molecule has 3 nitrogen and oxygen atoms in total. The van der Waals surface area contributed by atoms with Crippen LogP contribution in [0.1, 0.15) is 43.9 Å². The first-order valence-electron chi connectivity index (χ1n) is 7.21. The molecule has 0 unspecified atom stereocenters. The van der Waals surface area contributed by atoms with Gasteiger partial charge in [0.15, 0.2) is 0 Å². The summed E-state index contributed by atoms with van der Waals surface area (Å²) in [5.74, 6) is 0.695. The number of benzene rings is 1. The number of aromatic nitrogens is 2. The number of nitrogens with zero attached hydrogens (tertiary/aromatic N) is 2. The first-order valence-corrected chi connectivity index (χ1v) is 8.00. The van der Waals surface area contributed by atoms with Gasteiger partial charge in [-0.2, -0.15) is 5.10 Å². The Kier molecular flexibility index (Phi) is 3.94. The highest BCUT2D eigenvalue weighted by Crippen LogP contribution is 2.39. The van der Waals surface area contributed by atoms with E-state index in [9.17, 15) is 0 Å². The van der Waals surface area contributed by atoms with Crippen molar-refractivity contribution >= 4 is 15.9 Å². The predicted octanol–water partition coefficient (Wildman–Crippen LogP) is 4.01. The minimum absolute atomic E-state index is 0.478. The fourth-order valence-corrected chi connectivity index (χ4v) is 2.63. The second-order valence-corrected chi connectivity index (χ2v) is 6.68. The van der Waals surface area contributed by atoms with Gasteiger partial charge in [-0.05, 0) is 36.6 Å². The lowest BCUT2D eigenvalue weighted by atomic mass is 10.1. The Bertz CT molecular complexity index is 600. The molecule has 0 atom stereocenters. The lowest BCUT2D eigenvalue weighted by molar-refractivity contribution is 0.586. The van der Waals surface area contributed by atoms with E-state index in [2.05, 4.69) is 65.6 Å². The van der Waals surface area contributed by atoms with Crippen LogP contribution in [0.2, 0.25) is 0 Å². The molecule has 0 aliphatic heterocycles. The van der Waals surface area contributed by atoms with Crippen molar-refractivity contribution in [1.29, 1.82) is 0 Å². The van der Waals surface area contributed by atoms with E-state index in [0.29, 0.717) is 12.0 Å². The average molecular weight is 334 g/mol. The van der Waals surface area contributed by atoms with E-state index in [1.54, 1.807) is 0 Å². The van der Waals surface area contributed by atoms with E-state index in [0.717, 1.165) is 16.7 Å². The van der Waals surface area contributed by atoms with Crippen LogP contribution in [0.3, 0.4) is 0 Å². The topological polar surface area (TPSA) is 29.9 Å². The Morgan fingerprint density at radius 1 is 1.35 bits per heavy atom. The van der Waals surface area contributed by atoms with Crippen LogP contribution in [-0.4, -0.2) is 15.8 Å². The van der Waals surface area contributed by atoms with Crippen LogP contribution in [0.5, 0.6) is 0 Å². The number of nitrogens with one attached hydrogen (secondary N) is 1. The molecule has 1 N–H and O–H groups in total. The van der Waals surface area contributed by atoms with Crippen molar-refractivity contribution in [3.63, 3.8) is 0 Å². The van der Waals surface area contributed by atoms with E-state index in [1.807, 2.05) is 4.68 Å². The van der Waals surface area contributed by atoms with Crippen LogP contribution in [0, 0.1) is 0 Å². The Morgan fingerprint density at radius 2 is 2.15 bits per heavy atom. The normalized spacial score (nSPS) is 15.0. The Morgan fingerprint density at radius 3 is 2.85 bits per heavy atom. The van der Waals surface area contributed by atoms with E-state index in [-0.39, 0.29) is 0 Å². The summed E-state index contributed by atoms with van der Waals surface area (Å²) in [7, 11) is 0. The molecule has 1 aromatic carbocycles. The largest absolute Gasteiger partial charge is 0.310 e. The van der Waals surface area contributed by atoms with Crippen LogP contribution in [0.25, 0.3) is 5.69 Å². The molecule has 0 amide bonds. The predicted molar refractivity (Wildman–Crippen MR) is 85.2 cm³/mol. The van der Waals surface area contributed by atoms with Crippen molar-refractivity contribution < 1.29 is 0 Å². The smallest absolute Gasteiger partial charge is 0.0701 e. The third-order valence-electron chi connectivity index (χ3n) is 3.60. The molecule has 106 valence electrons. The molecule has 1 aliphatic rings. The molecule has 1 heterocycles. The van der Waals surface area contributed by atoms with Crippen molar-refractivity contribution in [2.24, 2.45) is 0 Å². The standard InChI is InChI=1S/C16H20BrN3/c1-11(2)18-10-13-5-6-14(17)9-16(13)20-8-7-15(19-20)12-3-4-12/h5-9,11-12,18H,3-4,10H2,1-2H3. The molecule has 0 bridgehead atoms. The van der Waals surface area contributed by atoms with Crippen molar-refractivity contribution in [3.8, 4) is 5.69 Å². The van der Waals surface area contributed by atoms with Crippen molar-refractivity contribution in [1.82, 2.24) is 15.1 Å². The van der Waals surface area contributed by atoms with Crippen molar-refractivity contribution in [3.05, 3.63) is 46.2 Å². The Balaban J connectivity index is 1.90. The average Bonchev–Trinajstić information content (AvgIpc) is 3.15. The monoisotopic (exact) mass is 333 g/mol. The van der Waals surface area contributed by atoms with E-state index in [4.69, 9.17) is 5.10 Å². The van der Waals surface area contributed by atoms with Crippen molar-refractivity contribution in [2.75, 3.05) is 0 Å². The zero-order valence-corrected chi connectivity index (χ0v) is 13.5. The van der Waals surface area contributed by atoms with Crippen LogP contribution in [0.4, 0.5) is 0 Å². The maximum absolute atomic E-state index is 4.74. The SMILES string of the molecule is CC(C)NCc1ccc(Br)cc1-n1ccc(C2CC2)n1. The summed E-state index contributed by atoms with van der Waals surface area (Å²) in [6.45, 7) is 5.19. The third kappa shape index (κ3) is 3.13. The number of hydrogen-bond donors (Lipinski definition) is 1. The summed E-state index contributed by atoms with van der Waals surface area (Å²) in [5.41, 5.74) is 3.65. The minimum Gasteiger partial charge on any atom is -0.310 e. The van der Waals surface area contributed by atoms with Gasteiger partial charge < -0.3 is 5.32 Å². The molecule has 0 radical (unpaired) electrons. The van der Waals surface area contributed by atoms with Crippen molar-refractivity contribution in [2.45, 2.75) is 45.2 Å². The van der Waals surface area contributed by atoms with Gasteiger partial charge in [0.25, 0.3) is 0 Å². The van der Waals surface area contributed by atoms with E-state index < -0.39 is 0 Å². The van der Waals surface area contributed by atoms with Gasteiger partial charge >= 0.3 is 0 Å². The number of halogens is 1. The zero-order valence-electron chi connectivity index (χ0n) is 11.9. The molecule has 0 spiro atoms. The summed E-state index contributed by atoms with van der Waals surface area (Å²) in [5, 5.41) is 8.22. The minimum atomic E-state index is 0.478. The van der Waals surface area contributed by atoms with Gasteiger partial charge in [0, 0.05) is 29.2 Å². The number of rotatable bonds is 5. The van der Waals surface area contributed by atoms with Gasteiger partial charge in [-0.3, -0.25) is 0 Å². The van der Waals surface area contributed by atoms with Gasteiger partial charge in [0.2, 0.25) is 0 Å². The first kappa shape index (κ1) is 13.8. The van der Waals surface area contributed by atoms with E-state index >= 15 is 0 Å². The van der Waals surface area contributed by atoms with Crippen LogP contribution < -0.4 is 5.32 Å². The molecule has 1 saturated carbocycles. The Hall–Kier alpha value is -1.13. The Labute approximate surface area is 128 Å². The molecule has 2 aromatic rings. The molecule has 20 heavy (non-hydrogen) atoms. The summed E-state index contributed by atoms with van der Waals surface area (Å²) >= 11 is 3.56. The van der Waals surface area contributed by atoms with Gasteiger partial charge in [-0.25, -0.2) is 4.68 Å². The summed E-state index contributed by atoms with van der Waals surface area (Å²) in [6, 6.07) is 9.02. The van der Waals surface area contributed by atoms with Gasteiger partial charge in [0.1, 0.15) is 0 Å². The van der Waals surface area contributed by atoms with E-state index in [1.165, 1.54) is 24.1 Å². The maximum atomic E-state index is 4.74. The summed E-state index contributed by atoms with van der Waals surface area (Å²) in [4.78, 5) is 0. The summed E-state index contributed by atoms with van der Waals surface area (Å²) in [6.07, 6.45) is 4.66. The highest BCUT2D eigenvalue weighted by molar-refractivity contribution is 9.10. The number of hydrogen-bond acceptors (Lipinski definition) is 2. The molecule has 0 saturated heterocycles. The molecular weight excluding hydrogens is 314 g/mol. The molecule has 3 rings (SSSR count). The fraction of sp³-hybridized carbons (Fsp3) is 0.438. The van der Waals surface area contributed by atoms with Crippen LogP contribution in [-0.2, 0) is 6.54 Å². The molecule has 1 aliphatic carbocycles. The highest BCUT2D eigenvalue weighted by Gasteiger charge is 2.26. The summed E-state index contributed by atoms with van der Waals surface area (Å²) < 4.78 is 3.10. The van der Waals surface area contributed by atoms with Gasteiger partial charge in [-0.15, -0.1) is 0 Å². The highest BCUT2D eigenvalue weighted by atomic mass is 79.9. The molecule has 1 fully saturated rings. The lowest BCUT2D eigenvalue weighted by Gasteiger charge is -2.13. The fourth-order valence-electron chi connectivity index (χ4n) is 2.28. The quantitative estimate of drug-likeness (QED) is 0.895. The second-order valence-electron chi connectivity index (χ2n) is 5.77.